The molecular weight excluding hydrogens is 274 g/mol. The second-order valence-electron chi connectivity index (χ2n) is 5.95. The quantitative estimate of drug-likeness (QED) is 0.929. The smallest absolute Gasteiger partial charge is 0.260 e. The number of benzene rings is 1. The maximum atomic E-state index is 13.8. The van der Waals surface area contributed by atoms with E-state index in [2.05, 4.69) is 5.32 Å². The highest BCUT2D eigenvalue weighted by molar-refractivity contribution is 5.95. The molecule has 1 aromatic rings. The molecule has 2 heterocycles. The Kier molecular flexibility index (Phi) is 3.93. The summed E-state index contributed by atoms with van der Waals surface area (Å²) in [5.41, 5.74) is -0.426. The van der Waals surface area contributed by atoms with Crippen LogP contribution < -0.4 is 5.32 Å². The zero-order valence-electron chi connectivity index (χ0n) is 12.1. The molecule has 0 spiro atoms. The largest absolute Gasteiger partial charge is 0.336 e. The Bertz CT molecular complexity index is 517. The van der Waals surface area contributed by atoms with E-state index in [0.717, 1.165) is 37.8 Å². The minimum Gasteiger partial charge on any atom is -0.336 e. The van der Waals surface area contributed by atoms with Crippen LogP contribution in [0.15, 0.2) is 18.2 Å². The Morgan fingerprint density at radius 1 is 1.24 bits per heavy atom. The van der Waals surface area contributed by atoms with Crippen LogP contribution in [0.4, 0.5) is 8.78 Å². The maximum absolute atomic E-state index is 13.8. The summed E-state index contributed by atoms with van der Waals surface area (Å²) in [5.74, 6) is -2.09. The first-order chi connectivity index (χ1) is 10.1. The summed E-state index contributed by atoms with van der Waals surface area (Å²) in [6, 6.07) is 4.48. The summed E-state index contributed by atoms with van der Waals surface area (Å²) in [5, 5.41) is 3.51. The fourth-order valence-corrected chi connectivity index (χ4v) is 3.70. The monoisotopic (exact) mass is 294 g/mol. The number of piperidine rings is 1. The van der Waals surface area contributed by atoms with E-state index >= 15 is 0 Å². The van der Waals surface area contributed by atoms with E-state index in [4.69, 9.17) is 0 Å². The molecule has 114 valence electrons. The van der Waals surface area contributed by atoms with Crippen LogP contribution in [0.3, 0.4) is 0 Å². The molecule has 1 amide bonds. The van der Waals surface area contributed by atoms with Gasteiger partial charge in [0.1, 0.15) is 17.2 Å². The summed E-state index contributed by atoms with van der Waals surface area (Å²) in [7, 11) is 0. The number of nitrogens with zero attached hydrogens (tertiary/aromatic N) is 1. The Hall–Kier alpha value is -1.49. The molecule has 2 atom stereocenters. The lowest BCUT2D eigenvalue weighted by Gasteiger charge is -2.37. The molecule has 0 aromatic heterocycles. The molecule has 21 heavy (non-hydrogen) atoms. The Balaban J connectivity index is 1.84. The lowest BCUT2D eigenvalue weighted by atomic mass is 9.97. The standard InChI is InChI=1S/C16H20F2N2O/c1-2-20(12-8-10-6-7-11(9-12)19-10)16(21)15-13(17)4-3-5-14(15)18/h3-5,10-12,19H,2,6-9H2,1H3. The van der Waals surface area contributed by atoms with Crippen LogP contribution in [0.25, 0.3) is 0 Å². The second-order valence-corrected chi connectivity index (χ2v) is 5.95. The fourth-order valence-electron chi connectivity index (χ4n) is 3.70. The van der Waals surface area contributed by atoms with Crippen molar-refractivity contribution in [1.82, 2.24) is 10.2 Å². The van der Waals surface area contributed by atoms with Crippen molar-refractivity contribution in [1.29, 1.82) is 0 Å². The number of carbonyl (C=O) groups excluding carboxylic acids is 1. The molecular formula is C16H20F2N2O. The summed E-state index contributed by atoms with van der Waals surface area (Å²) in [6.07, 6.45) is 3.99. The maximum Gasteiger partial charge on any atom is 0.260 e. The van der Waals surface area contributed by atoms with Gasteiger partial charge in [-0.2, -0.15) is 0 Å². The van der Waals surface area contributed by atoms with Gasteiger partial charge in [-0.15, -0.1) is 0 Å². The van der Waals surface area contributed by atoms with Crippen molar-refractivity contribution in [2.45, 2.75) is 50.7 Å². The molecule has 2 aliphatic rings. The van der Waals surface area contributed by atoms with Gasteiger partial charge in [-0.05, 0) is 44.7 Å². The average Bonchev–Trinajstić information content (AvgIpc) is 2.78. The molecule has 1 aromatic carbocycles. The van der Waals surface area contributed by atoms with Crippen molar-refractivity contribution in [2.24, 2.45) is 0 Å². The molecule has 0 radical (unpaired) electrons. The third-order valence-corrected chi connectivity index (χ3v) is 4.67. The summed E-state index contributed by atoms with van der Waals surface area (Å²) in [6.45, 7) is 2.33. The zero-order valence-corrected chi connectivity index (χ0v) is 12.1. The summed E-state index contributed by atoms with van der Waals surface area (Å²) in [4.78, 5) is 14.2. The molecule has 0 saturated carbocycles. The van der Waals surface area contributed by atoms with E-state index in [-0.39, 0.29) is 6.04 Å². The highest BCUT2D eigenvalue weighted by Crippen LogP contribution is 2.30. The van der Waals surface area contributed by atoms with Crippen molar-refractivity contribution in [3.63, 3.8) is 0 Å². The van der Waals surface area contributed by atoms with Crippen molar-refractivity contribution >= 4 is 5.91 Å². The van der Waals surface area contributed by atoms with Gasteiger partial charge in [0.2, 0.25) is 0 Å². The van der Waals surface area contributed by atoms with Gasteiger partial charge in [0, 0.05) is 24.7 Å². The van der Waals surface area contributed by atoms with Gasteiger partial charge < -0.3 is 10.2 Å². The van der Waals surface area contributed by atoms with Crippen LogP contribution in [0, 0.1) is 11.6 Å². The molecule has 2 saturated heterocycles. The molecule has 1 N–H and O–H groups in total. The number of hydrogen-bond donors (Lipinski definition) is 1. The summed E-state index contributed by atoms with van der Waals surface area (Å²) >= 11 is 0. The Labute approximate surface area is 123 Å². The van der Waals surface area contributed by atoms with Crippen molar-refractivity contribution in [3.8, 4) is 0 Å². The van der Waals surface area contributed by atoms with Gasteiger partial charge in [-0.3, -0.25) is 4.79 Å². The van der Waals surface area contributed by atoms with E-state index in [1.165, 1.54) is 6.07 Å². The average molecular weight is 294 g/mol. The Morgan fingerprint density at radius 3 is 2.33 bits per heavy atom. The molecule has 2 unspecified atom stereocenters. The van der Waals surface area contributed by atoms with Crippen LogP contribution in [-0.2, 0) is 0 Å². The number of halogens is 2. The number of carbonyl (C=O) groups is 1. The van der Waals surface area contributed by atoms with Gasteiger partial charge >= 0.3 is 0 Å². The SMILES string of the molecule is CCN(C(=O)c1c(F)cccc1F)C1CC2CCC(C1)N2. The van der Waals surface area contributed by atoms with Gasteiger partial charge in [-0.25, -0.2) is 8.78 Å². The van der Waals surface area contributed by atoms with Crippen LogP contribution in [0.1, 0.15) is 43.0 Å². The van der Waals surface area contributed by atoms with E-state index in [1.54, 1.807) is 4.90 Å². The molecule has 2 fully saturated rings. The first kappa shape index (κ1) is 14.4. The highest BCUT2D eigenvalue weighted by Gasteiger charge is 2.38. The number of amides is 1. The lowest BCUT2D eigenvalue weighted by Crippen LogP contribution is -2.50. The van der Waals surface area contributed by atoms with Gasteiger partial charge in [0.05, 0.1) is 0 Å². The predicted octanol–water partition coefficient (Wildman–Crippen LogP) is 2.71. The van der Waals surface area contributed by atoms with Crippen molar-refractivity contribution < 1.29 is 13.6 Å². The third kappa shape index (κ3) is 2.67. The van der Waals surface area contributed by atoms with Gasteiger partial charge in [0.25, 0.3) is 5.91 Å². The van der Waals surface area contributed by atoms with E-state index < -0.39 is 23.1 Å². The van der Waals surface area contributed by atoms with Gasteiger partial charge in [0.15, 0.2) is 0 Å². The summed E-state index contributed by atoms with van der Waals surface area (Å²) < 4.78 is 27.7. The number of hydrogen-bond acceptors (Lipinski definition) is 2. The molecule has 5 heteroatoms. The fraction of sp³-hybridized carbons (Fsp3) is 0.562. The molecule has 3 nitrogen and oxygen atoms in total. The van der Waals surface area contributed by atoms with E-state index in [9.17, 15) is 13.6 Å². The van der Waals surface area contributed by atoms with E-state index in [0.29, 0.717) is 18.6 Å². The zero-order chi connectivity index (χ0) is 15.0. The number of fused-ring (bicyclic) bond motifs is 2. The molecule has 2 aliphatic heterocycles. The van der Waals surface area contributed by atoms with Crippen LogP contribution >= 0.6 is 0 Å². The minimum atomic E-state index is -0.782. The van der Waals surface area contributed by atoms with Crippen molar-refractivity contribution in [2.75, 3.05) is 6.54 Å². The van der Waals surface area contributed by atoms with Crippen LogP contribution in [0.2, 0.25) is 0 Å². The molecule has 0 aliphatic carbocycles. The van der Waals surface area contributed by atoms with Crippen LogP contribution in [-0.4, -0.2) is 35.5 Å². The van der Waals surface area contributed by atoms with Gasteiger partial charge in [-0.1, -0.05) is 6.07 Å². The first-order valence-electron chi connectivity index (χ1n) is 7.61. The predicted molar refractivity (Wildman–Crippen MR) is 76.0 cm³/mol. The second kappa shape index (κ2) is 5.72. The molecule has 2 bridgehead atoms. The van der Waals surface area contributed by atoms with E-state index in [1.807, 2.05) is 6.92 Å². The first-order valence-corrected chi connectivity index (χ1v) is 7.61. The van der Waals surface area contributed by atoms with Crippen molar-refractivity contribution in [3.05, 3.63) is 35.4 Å². The highest BCUT2D eigenvalue weighted by atomic mass is 19.1. The topological polar surface area (TPSA) is 32.3 Å². The third-order valence-electron chi connectivity index (χ3n) is 4.67. The molecule has 3 rings (SSSR count). The minimum absolute atomic E-state index is 0.0697. The van der Waals surface area contributed by atoms with Crippen LogP contribution in [0.5, 0.6) is 0 Å². The number of nitrogens with one attached hydrogen (secondary N) is 1. The number of rotatable bonds is 3. The Morgan fingerprint density at radius 2 is 1.81 bits per heavy atom. The lowest BCUT2D eigenvalue weighted by molar-refractivity contribution is 0.0621. The normalized spacial score (nSPS) is 27.7.